The van der Waals surface area contributed by atoms with Gasteiger partial charge in [-0.05, 0) is 56.4 Å². The topological polar surface area (TPSA) is 66.5 Å². The van der Waals surface area contributed by atoms with E-state index in [4.69, 9.17) is 0 Å². The molecular formula is C21H34N2O3S. The van der Waals surface area contributed by atoms with Crippen LogP contribution in [0.4, 0.5) is 5.69 Å². The molecule has 27 heavy (non-hydrogen) atoms. The van der Waals surface area contributed by atoms with E-state index in [1.807, 2.05) is 39.0 Å². The van der Waals surface area contributed by atoms with Crippen LogP contribution in [0.1, 0.15) is 69.4 Å². The standard InChI is InChI=1S/C21H34N2O3S/c1-5-20(21(24)22-18-11-9-7-6-8-10-12-18)23(27(4,25)26)19-14-16(2)13-17(3)15-19/h13-15,18,20H,5-12H2,1-4H3,(H,22,24)/t20-/m0/s1. The second-order valence-electron chi connectivity index (χ2n) is 7.88. The van der Waals surface area contributed by atoms with Crippen molar-refractivity contribution in [2.45, 2.75) is 84.2 Å². The average Bonchev–Trinajstić information content (AvgIpc) is 2.52. The van der Waals surface area contributed by atoms with Crippen LogP contribution in [-0.4, -0.2) is 32.7 Å². The smallest absolute Gasteiger partial charge is 0.244 e. The molecule has 152 valence electrons. The summed E-state index contributed by atoms with van der Waals surface area (Å²) in [6, 6.07) is 5.08. The molecule has 0 unspecified atom stereocenters. The molecule has 1 fully saturated rings. The number of benzene rings is 1. The molecule has 1 aromatic rings. The molecule has 1 amide bonds. The van der Waals surface area contributed by atoms with Crippen molar-refractivity contribution in [3.8, 4) is 0 Å². The third kappa shape index (κ3) is 6.23. The van der Waals surface area contributed by atoms with Gasteiger partial charge in [-0.3, -0.25) is 9.10 Å². The van der Waals surface area contributed by atoms with Gasteiger partial charge in [-0.2, -0.15) is 0 Å². The Labute approximate surface area is 164 Å². The Kier molecular flexibility index (Phi) is 7.71. The van der Waals surface area contributed by atoms with Gasteiger partial charge in [0.05, 0.1) is 11.9 Å². The lowest BCUT2D eigenvalue weighted by Crippen LogP contribution is -2.51. The maximum Gasteiger partial charge on any atom is 0.244 e. The van der Waals surface area contributed by atoms with Crippen molar-refractivity contribution in [2.75, 3.05) is 10.6 Å². The lowest BCUT2D eigenvalue weighted by molar-refractivity contribution is -0.123. The zero-order chi connectivity index (χ0) is 20.0. The maximum atomic E-state index is 13.1. The summed E-state index contributed by atoms with van der Waals surface area (Å²) in [5.74, 6) is -0.187. The highest BCUT2D eigenvalue weighted by Crippen LogP contribution is 2.26. The first-order valence-electron chi connectivity index (χ1n) is 10.1. The molecule has 0 aliphatic heterocycles. The SMILES string of the molecule is CC[C@@H](C(=O)NC1CCCCCCC1)N(c1cc(C)cc(C)c1)S(C)(=O)=O. The van der Waals surface area contributed by atoms with E-state index in [9.17, 15) is 13.2 Å². The molecule has 0 spiro atoms. The fraction of sp³-hybridized carbons (Fsp3) is 0.667. The molecule has 0 heterocycles. The van der Waals surface area contributed by atoms with Crippen LogP contribution in [0.15, 0.2) is 18.2 Å². The van der Waals surface area contributed by atoms with Gasteiger partial charge in [0.2, 0.25) is 15.9 Å². The van der Waals surface area contributed by atoms with Crippen LogP contribution in [0.2, 0.25) is 0 Å². The monoisotopic (exact) mass is 394 g/mol. The van der Waals surface area contributed by atoms with Crippen LogP contribution in [0.5, 0.6) is 0 Å². The normalized spacial score (nSPS) is 17.6. The van der Waals surface area contributed by atoms with Crippen LogP contribution < -0.4 is 9.62 Å². The van der Waals surface area contributed by atoms with Crippen LogP contribution in [0.25, 0.3) is 0 Å². The van der Waals surface area contributed by atoms with Crippen molar-refractivity contribution < 1.29 is 13.2 Å². The molecule has 1 aromatic carbocycles. The lowest BCUT2D eigenvalue weighted by atomic mass is 9.96. The van der Waals surface area contributed by atoms with E-state index in [0.29, 0.717) is 12.1 Å². The summed E-state index contributed by atoms with van der Waals surface area (Å²) in [5, 5.41) is 3.14. The summed E-state index contributed by atoms with van der Waals surface area (Å²) in [6.45, 7) is 5.74. The molecule has 1 aliphatic rings. The zero-order valence-corrected chi connectivity index (χ0v) is 17.9. The first kappa shape index (κ1) is 21.7. The second-order valence-corrected chi connectivity index (χ2v) is 9.74. The molecule has 0 bridgehead atoms. The van der Waals surface area contributed by atoms with Crippen molar-refractivity contribution in [3.63, 3.8) is 0 Å². The number of carbonyl (C=O) groups excluding carboxylic acids is 1. The number of anilines is 1. The fourth-order valence-corrected chi connectivity index (χ4v) is 5.23. The highest BCUT2D eigenvalue weighted by atomic mass is 32.2. The van der Waals surface area contributed by atoms with E-state index in [1.165, 1.54) is 29.8 Å². The number of amides is 1. The molecule has 0 aromatic heterocycles. The highest BCUT2D eigenvalue weighted by molar-refractivity contribution is 7.92. The summed E-state index contributed by atoms with van der Waals surface area (Å²) in [4.78, 5) is 13.1. The van der Waals surface area contributed by atoms with Gasteiger partial charge in [0.15, 0.2) is 0 Å². The Hall–Kier alpha value is -1.56. The third-order valence-electron chi connectivity index (χ3n) is 5.24. The van der Waals surface area contributed by atoms with Gasteiger partial charge >= 0.3 is 0 Å². The molecule has 1 aliphatic carbocycles. The Morgan fingerprint density at radius 1 is 1.07 bits per heavy atom. The minimum Gasteiger partial charge on any atom is -0.352 e. The van der Waals surface area contributed by atoms with Gasteiger partial charge in [-0.1, -0.05) is 45.1 Å². The summed E-state index contributed by atoms with van der Waals surface area (Å²) >= 11 is 0. The van der Waals surface area contributed by atoms with E-state index in [1.54, 1.807) is 0 Å². The Morgan fingerprint density at radius 2 is 1.59 bits per heavy atom. The quantitative estimate of drug-likeness (QED) is 0.791. The van der Waals surface area contributed by atoms with Crippen molar-refractivity contribution in [3.05, 3.63) is 29.3 Å². The summed E-state index contributed by atoms with van der Waals surface area (Å²) < 4.78 is 26.5. The van der Waals surface area contributed by atoms with Crippen molar-refractivity contribution >= 4 is 21.6 Å². The Bertz CT molecular complexity index is 718. The molecule has 5 nitrogen and oxygen atoms in total. The van der Waals surface area contributed by atoms with Crippen LogP contribution in [0, 0.1) is 13.8 Å². The van der Waals surface area contributed by atoms with Gasteiger partial charge in [-0.15, -0.1) is 0 Å². The molecule has 1 atom stereocenters. The molecule has 1 saturated carbocycles. The minimum atomic E-state index is -3.59. The Balaban J connectivity index is 2.27. The molecule has 2 rings (SSSR count). The number of rotatable bonds is 6. The summed E-state index contributed by atoms with van der Waals surface area (Å²) in [7, 11) is -3.59. The second kappa shape index (κ2) is 9.58. The number of nitrogens with one attached hydrogen (secondary N) is 1. The minimum absolute atomic E-state index is 0.146. The number of carbonyl (C=O) groups is 1. The van der Waals surface area contributed by atoms with E-state index >= 15 is 0 Å². The molecule has 0 radical (unpaired) electrons. The predicted octanol–water partition coefficient (Wildman–Crippen LogP) is 4.08. The van der Waals surface area contributed by atoms with Gasteiger partial charge in [0.1, 0.15) is 6.04 Å². The number of sulfonamides is 1. The van der Waals surface area contributed by atoms with Gasteiger partial charge < -0.3 is 5.32 Å². The van der Waals surface area contributed by atoms with Crippen LogP contribution >= 0.6 is 0 Å². The molecule has 6 heteroatoms. The van der Waals surface area contributed by atoms with Crippen molar-refractivity contribution in [1.82, 2.24) is 5.32 Å². The van der Waals surface area contributed by atoms with E-state index in [2.05, 4.69) is 5.32 Å². The van der Waals surface area contributed by atoms with Gasteiger partial charge in [0.25, 0.3) is 0 Å². The van der Waals surface area contributed by atoms with Crippen LogP contribution in [0.3, 0.4) is 0 Å². The molecule has 0 saturated heterocycles. The van der Waals surface area contributed by atoms with E-state index in [0.717, 1.165) is 36.8 Å². The van der Waals surface area contributed by atoms with Gasteiger partial charge in [0, 0.05) is 6.04 Å². The molecular weight excluding hydrogens is 360 g/mol. The first-order valence-corrected chi connectivity index (χ1v) is 11.9. The number of aryl methyl sites for hydroxylation is 2. The third-order valence-corrected chi connectivity index (χ3v) is 6.42. The lowest BCUT2D eigenvalue weighted by Gasteiger charge is -2.32. The summed E-state index contributed by atoms with van der Waals surface area (Å²) in [6.07, 6.45) is 9.49. The van der Waals surface area contributed by atoms with Crippen molar-refractivity contribution in [1.29, 1.82) is 0 Å². The maximum absolute atomic E-state index is 13.1. The van der Waals surface area contributed by atoms with E-state index in [-0.39, 0.29) is 11.9 Å². The largest absolute Gasteiger partial charge is 0.352 e. The fourth-order valence-electron chi connectivity index (χ4n) is 4.04. The molecule has 1 N–H and O–H groups in total. The van der Waals surface area contributed by atoms with E-state index < -0.39 is 16.1 Å². The van der Waals surface area contributed by atoms with Gasteiger partial charge in [-0.25, -0.2) is 8.42 Å². The first-order chi connectivity index (χ1) is 12.7. The Morgan fingerprint density at radius 3 is 2.07 bits per heavy atom. The summed E-state index contributed by atoms with van der Waals surface area (Å²) in [5.41, 5.74) is 2.53. The average molecular weight is 395 g/mol. The number of hydrogen-bond donors (Lipinski definition) is 1. The van der Waals surface area contributed by atoms with Crippen molar-refractivity contribution in [2.24, 2.45) is 0 Å². The highest BCUT2D eigenvalue weighted by Gasteiger charge is 2.32. The number of nitrogens with zero attached hydrogens (tertiary/aromatic N) is 1. The number of hydrogen-bond acceptors (Lipinski definition) is 3. The predicted molar refractivity (Wildman–Crippen MR) is 112 cm³/mol. The van der Waals surface area contributed by atoms with Crippen LogP contribution in [-0.2, 0) is 14.8 Å². The zero-order valence-electron chi connectivity index (χ0n) is 17.1.